The van der Waals surface area contributed by atoms with E-state index in [4.69, 9.17) is 4.74 Å². The van der Waals surface area contributed by atoms with Gasteiger partial charge in [0.05, 0.1) is 17.2 Å². The summed E-state index contributed by atoms with van der Waals surface area (Å²) in [7, 11) is -2.78. The van der Waals surface area contributed by atoms with E-state index in [1.54, 1.807) is 6.92 Å². The highest BCUT2D eigenvalue weighted by Crippen LogP contribution is 2.26. The number of benzene rings is 3. The number of ether oxygens (including phenoxy) is 1. The molecule has 0 spiro atoms. The molecule has 8 nitrogen and oxygen atoms in total. The van der Waals surface area contributed by atoms with Gasteiger partial charge in [-0.05, 0) is 74.9 Å². The Morgan fingerprint density at radius 1 is 1.03 bits per heavy atom. The highest BCUT2D eigenvalue weighted by molar-refractivity contribution is 7.92. The number of halogens is 1. The highest BCUT2D eigenvalue weighted by Gasteiger charge is 2.32. The maximum atomic E-state index is 13.7. The second-order valence-corrected chi connectivity index (χ2v) is 10.6. The van der Waals surface area contributed by atoms with Crippen LogP contribution in [0, 0.1) is 12.7 Å². The molecular weight excluding hydrogens is 509 g/mol. The molecule has 1 N–H and O–H groups in total. The lowest BCUT2D eigenvalue weighted by molar-refractivity contribution is -0.139. The molecular formula is C28H32FN3O5S. The summed E-state index contributed by atoms with van der Waals surface area (Å²) in [6, 6.07) is 17.3. The number of hydrogen-bond donors (Lipinski definition) is 1. The summed E-state index contributed by atoms with van der Waals surface area (Å²) in [5.41, 5.74) is 1.88. The van der Waals surface area contributed by atoms with Crippen LogP contribution in [0.2, 0.25) is 0 Å². The number of nitrogens with one attached hydrogen (secondary N) is 1. The summed E-state index contributed by atoms with van der Waals surface area (Å²) in [5, 5.41) is 2.54. The highest BCUT2D eigenvalue weighted by atomic mass is 32.2. The first kappa shape index (κ1) is 28.6. The maximum Gasteiger partial charge on any atom is 0.264 e. The van der Waals surface area contributed by atoms with E-state index in [0.717, 1.165) is 27.6 Å². The van der Waals surface area contributed by atoms with Crippen molar-refractivity contribution in [2.75, 3.05) is 24.5 Å². The van der Waals surface area contributed by atoms with E-state index in [2.05, 4.69) is 5.32 Å². The minimum absolute atomic E-state index is 0.0670. The fourth-order valence-electron chi connectivity index (χ4n) is 3.94. The van der Waals surface area contributed by atoms with Crippen molar-refractivity contribution in [3.8, 4) is 5.75 Å². The van der Waals surface area contributed by atoms with E-state index in [1.165, 1.54) is 48.3 Å². The van der Waals surface area contributed by atoms with Crippen LogP contribution >= 0.6 is 0 Å². The summed E-state index contributed by atoms with van der Waals surface area (Å²) >= 11 is 0. The molecule has 0 heterocycles. The second kappa shape index (κ2) is 12.6. The van der Waals surface area contributed by atoms with Gasteiger partial charge in [0.2, 0.25) is 11.8 Å². The third-order valence-electron chi connectivity index (χ3n) is 5.97. The summed E-state index contributed by atoms with van der Waals surface area (Å²) in [6.45, 7) is 5.22. The lowest BCUT2D eigenvalue weighted by Gasteiger charge is -2.31. The van der Waals surface area contributed by atoms with Gasteiger partial charge < -0.3 is 15.0 Å². The average Bonchev–Trinajstić information content (AvgIpc) is 2.90. The number of anilines is 1. The van der Waals surface area contributed by atoms with Crippen LogP contribution in [0.1, 0.15) is 25.0 Å². The van der Waals surface area contributed by atoms with E-state index >= 15 is 0 Å². The van der Waals surface area contributed by atoms with Crippen molar-refractivity contribution in [1.29, 1.82) is 0 Å². The molecule has 0 aliphatic heterocycles. The van der Waals surface area contributed by atoms with Gasteiger partial charge in [0.15, 0.2) is 0 Å². The molecule has 0 saturated heterocycles. The van der Waals surface area contributed by atoms with E-state index < -0.39 is 40.2 Å². The zero-order chi connectivity index (χ0) is 27.9. The molecule has 0 aromatic heterocycles. The minimum Gasteiger partial charge on any atom is -0.494 e. The molecule has 2 amide bonds. The van der Waals surface area contributed by atoms with Gasteiger partial charge in [-0.3, -0.25) is 13.9 Å². The number of aryl methyl sites for hydroxylation is 1. The zero-order valence-corrected chi connectivity index (χ0v) is 22.7. The van der Waals surface area contributed by atoms with Crippen molar-refractivity contribution in [3.05, 3.63) is 89.7 Å². The third kappa shape index (κ3) is 6.89. The molecule has 0 bridgehead atoms. The van der Waals surface area contributed by atoms with E-state index in [-0.39, 0.29) is 17.1 Å². The standard InChI is InChI=1S/C28H32FN3O5S/c1-5-37-25-13-15-26(16-14-25)38(35,36)32(24-11-9-23(29)10-12-24)19-27(33)31(21(3)28(34)30-4)18-22-8-6-7-20(2)17-22/h6-17,21H,5,18-19H2,1-4H3,(H,30,34)/t21-/m1/s1. The van der Waals surface area contributed by atoms with Crippen molar-refractivity contribution in [3.63, 3.8) is 0 Å². The van der Waals surface area contributed by atoms with Crippen molar-refractivity contribution in [2.24, 2.45) is 0 Å². The summed E-state index contributed by atoms with van der Waals surface area (Å²) in [4.78, 5) is 27.5. The van der Waals surface area contributed by atoms with Crippen LogP contribution < -0.4 is 14.4 Å². The average molecular weight is 542 g/mol. The number of carbonyl (C=O) groups excluding carboxylic acids is 2. The van der Waals surface area contributed by atoms with Gasteiger partial charge in [0, 0.05) is 13.6 Å². The Morgan fingerprint density at radius 2 is 1.68 bits per heavy atom. The van der Waals surface area contributed by atoms with Crippen LogP contribution in [0.15, 0.2) is 77.7 Å². The van der Waals surface area contributed by atoms with Gasteiger partial charge in [-0.1, -0.05) is 29.8 Å². The Kier molecular flexibility index (Phi) is 9.46. The molecule has 0 unspecified atom stereocenters. The normalized spacial score (nSPS) is 11.9. The SMILES string of the molecule is CCOc1ccc(S(=O)(=O)N(CC(=O)N(Cc2cccc(C)c2)[C@H](C)C(=O)NC)c2ccc(F)cc2)cc1. The first-order valence-corrected chi connectivity index (χ1v) is 13.6. The van der Waals surface area contributed by atoms with E-state index in [0.29, 0.717) is 12.4 Å². The van der Waals surface area contributed by atoms with Crippen LogP contribution in [0.25, 0.3) is 0 Å². The lowest BCUT2D eigenvalue weighted by Crippen LogP contribution is -2.50. The summed E-state index contributed by atoms with van der Waals surface area (Å²) in [5.74, 6) is -1.04. The number of sulfonamides is 1. The Labute approximate surface area is 223 Å². The van der Waals surface area contributed by atoms with E-state index in [9.17, 15) is 22.4 Å². The Morgan fingerprint density at radius 3 is 2.26 bits per heavy atom. The molecule has 3 rings (SSSR count). The van der Waals surface area contributed by atoms with Crippen LogP contribution in [-0.2, 0) is 26.2 Å². The third-order valence-corrected chi connectivity index (χ3v) is 7.75. The minimum atomic E-state index is -4.25. The molecule has 10 heteroatoms. The molecule has 202 valence electrons. The van der Waals surface area contributed by atoms with Gasteiger partial charge in [0.1, 0.15) is 24.2 Å². The van der Waals surface area contributed by atoms with Gasteiger partial charge in [0.25, 0.3) is 10.0 Å². The molecule has 1 atom stereocenters. The number of nitrogens with zero attached hydrogens (tertiary/aromatic N) is 2. The predicted octanol–water partition coefficient (Wildman–Crippen LogP) is 3.89. The van der Waals surface area contributed by atoms with Crippen molar-refractivity contribution in [2.45, 2.75) is 38.3 Å². The molecule has 3 aromatic carbocycles. The van der Waals surface area contributed by atoms with Gasteiger partial charge in [-0.25, -0.2) is 12.8 Å². The van der Waals surface area contributed by atoms with Gasteiger partial charge in [-0.15, -0.1) is 0 Å². The van der Waals surface area contributed by atoms with Crippen LogP contribution in [-0.4, -0.2) is 51.4 Å². The molecule has 38 heavy (non-hydrogen) atoms. The summed E-state index contributed by atoms with van der Waals surface area (Å²) < 4.78 is 47.5. The largest absolute Gasteiger partial charge is 0.494 e. The van der Waals surface area contributed by atoms with Gasteiger partial charge in [-0.2, -0.15) is 0 Å². The van der Waals surface area contributed by atoms with E-state index in [1.807, 2.05) is 38.1 Å². The number of hydrogen-bond acceptors (Lipinski definition) is 5. The Balaban J connectivity index is 2.01. The van der Waals surface area contributed by atoms with Crippen LogP contribution in [0.3, 0.4) is 0 Å². The Bertz CT molecular complexity index is 1360. The molecule has 0 aliphatic rings. The number of carbonyl (C=O) groups is 2. The fourth-order valence-corrected chi connectivity index (χ4v) is 5.35. The lowest BCUT2D eigenvalue weighted by atomic mass is 10.1. The molecule has 0 fully saturated rings. The van der Waals surface area contributed by atoms with Crippen molar-refractivity contribution < 1.29 is 27.1 Å². The maximum absolute atomic E-state index is 13.7. The predicted molar refractivity (Wildman–Crippen MR) is 144 cm³/mol. The van der Waals surface area contributed by atoms with Crippen molar-refractivity contribution in [1.82, 2.24) is 10.2 Å². The monoisotopic (exact) mass is 541 g/mol. The van der Waals surface area contributed by atoms with Crippen LogP contribution in [0.5, 0.6) is 5.75 Å². The molecule has 3 aromatic rings. The fraction of sp³-hybridized carbons (Fsp3) is 0.286. The second-order valence-electron chi connectivity index (χ2n) is 8.69. The quantitative estimate of drug-likeness (QED) is 0.397. The number of amides is 2. The van der Waals surface area contributed by atoms with Crippen molar-refractivity contribution >= 4 is 27.5 Å². The smallest absolute Gasteiger partial charge is 0.264 e. The number of likely N-dealkylation sites (N-methyl/N-ethyl adjacent to an activating group) is 1. The zero-order valence-electron chi connectivity index (χ0n) is 21.8. The molecule has 0 saturated carbocycles. The topological polar surface area (TPSA) is 96.0 Å². The van der Waals surface area contributed by atoms with Gasteiger partial charge >= 0.3 is 0 Å². The van der Waals surface area contributed by atoms with Crippen LogP contribution in [0.4, 0.5) is 10.1 Å². The molecule has 0 radical (unpaired) electrons. The first-order chi connectivity index (χ1) is 18.1. The number of rotatable bonds is 11. The Hall–Kier alpha value is -3.92. The molecule has 0 aliphatic carbocycles. The first-order valence-electron chi connectivity index (χ1n) is 12.1. The summed E-state index contributed by atoms with van der Waals surface area (Å²) in [6.07, 6.45) is 0.